The molecule has 6 atom stereocenters. The number of rotatable bonds is 11. The lowest BCUT2D eigenvalue weighted by Crippen LogP contribution is -2.46. The van der Waals surface area contributed by atoms with Crippen molar-refractivity contribution in [3.8, 4) is 0 Å². The Morgan fingerprint density at radius 2 is 1.45 bits per heavy atom. The summed E-state index contributed by atoms with van der Waals surface area (Å²) < 4.78 is 6.02. The summed E-state index contributed by atoms with van der Waals surface area (Å²) >= 11 is 0. The predicted octanol–water partition coefficient (Wildman–Crippen LogP) is 11.9. The van der Waals surface area contributed by atoms with Crippen molar-refractivity contribution < 1.29 is 4.74 Å². The van der Waals surface area contributed by atoms with Crippen LogP contribution in [0, 0.1) is 23.7 Å². The van der Waals surface area contributed by atoms with Gasteiger partial charge < -0.3 is 4.74 Å². The minimum absolute atomic E-state index is 0.00528. The summed E-state index contributed by atoms with van der Waals surface area (Å²) in [6.07, 6.45) is 17.5. The molecule has 3 aliphatic carbocycles. The van der Waals surface area contributed by atoms with Crippen LogP contribution in [0.4, 0.5) is 0 Å². The van der Waals surface area contributed by atoms with Crippen LogP contribution in [-0.2, 0) is 10.2 Å². The molecule has 0 bridgehead atoms. The lowest BCUT2D eigenvalue weighted by atomic mass is 9.70. The molecule has 2 heteroatoms. The van der Waals surface area contributed by atoms with Gasteiger partial charge in [-0.05, 0) is 97.2 Å². The van der Waals surface area contributed by atoms with Crippen LogP contribution in [0.1, 0.15) is 149 Å². The molecule has 4 rings (SSSR count). The largest absolute Gasteiger partial charge is 0.376 e. The molecular weight excluding hydrogens is 501 g/mol. The minimum atomic E-state index is -1.41. The van der Waals surface area contributed by atoms with Crippen molar-refractivity contribution in [3.05, 3.63) is 35.4 Å². The second kappa shape index (κ2) is 13.4. The second-order valence-corrected chi connectivity index (χ2v) is 22.0. The summed E-state index contributed by atoms with van der Waals surface area (Å²) in [4.78, 5) is 0. The van der Waals surface area contributed by atoms with E-state index in [4.69, 9.17) is 4.74 Å². The van der Waals surface area contributed by atoms with Crippen LogP contribution in [0.15, 0.2) is 24.3 Å². The van der Waals surface area contributed by atoms with Crippen LogP contribution in [0.5, 0.6) is 0 Å². The molecule has 0 radical (unpaired) electrons. The molecule has 0 amide bonds. The van der Waals surface area contributed by atoms with Crippen molar-refractivity contribution in [2.75, 3.05) is 6.61 Å². The van der Waals surface area contributed by atoms with E-state index in [2.05, 4.69) is 86.2 Å². The lowest BCUT2D eigenvalue weighted by molar-refractivity contribution is -0.00471. The maximum Gasteiger partial charge on any atom is 0.0598 e. The first-order valence-corrected chi connectivity index (χ1v) is 20.4. The van der Waals surface area contributed by atoms with Crippen molar-refractivity contribution in [1.29, 1.82) is 0 Å². The van der Waals surface area contributed by atoms with Gasteiger partial charge in [0.05, 0.1) is 13.7 Å². The van der Waals surface area contributed by atoms with E-state index in [1.54, 1.807) is 24.4 Å². The molecule has 6 unspecified atom stereocenters. The Morgan fingerprint density at radius 1 is 0.800 bits per heavy atom. The second-order valence-electron chi connectivity index (χ2n) is 17.0. The fraction of sp³-hybridized carbons (Fsp3) is 0.842. The van der Waals surface area contributed by atoms with E-state index in [-0.39, 0.29) is 11.0 Å². The van der Waals surface area contributed by atoms with Gasteiger partial charge in [0.2, 0.25) is 0 Å². The van der Waals surface area contributed by atoms with E-state index in [0.717, 1.165) is 47.3 Å². The molecule has 1 nitrogen and oxygen atoms in total. The molecule has 0 N–H and O–H groups in total. The van der Waals surface area contributed by atoms with Crippen molar-refractivity contribution in [3.63, 3.8) is 0 Å². The zero-order valence-corrected chi connectivity index (χ0v) is 29.2. The lowest BCUT2D eigenvalue weighted by Gasteiger charge is -2.48. The zero-order valence-electron chi connectivity index (χ0n) is 28.2. The van der Waals surface area contributed by atoms with Crippen molar-refractivity contribution in [2.45, 2.75) is 173 Å². The third-order valence-electron chi connectivity index (χ3n) is 11.8. The van der Waals surface area contributed by atoms with Gasteiger partial charge in [0.1, 0.15) is 0 Å². The summed E-state index contributed by atoms with van der Waals surface area (Å²) in [5.74, 6) is 4.51. The van der Waals surface area contributed by atoms with Crippen LogP contribution in [0.2, 0.25) is 23.7 Å². The van der Waals surface area contributed by atoms with E-state index in [1.807, 2.05) is 0 Å². The van der Waals surface area contributed by atoms with Crippen LogP contribution >= 0.6 is 0 Å². The summed E-state index contributed by atoms with van der Waals surface area (Å²) in [5, 5.41) is 0. The fourth-order valence-corrected chi connectivity index (χ4v) is 16.7. The first kappa shape index (κ1) is 32.3. The Balaban J connectivity index is 1.51. The quantitative estimate of drug-likeness (QED) is 0.191. The van der Waals surface area contributed by atoms with Crippen molar-refractivity contribution in [1.82, 2.24) is 0 Å². The highest BCUT2D eigenvalue weighted by Gasteiger charge is 2.57. The molecule has 0 aliphatic heterocycles. The Labute approximate surface area is 251 Å². The molecule has 1 aromatic rings. The maximum absolute atomic E-state index is 6.02. The van der Waals surface area contributed by atoms with E-state index in [9.17, 15) is 0 Å². The molecule has 3 aliphatic rings. The number of hydrogen-bond donors (Lipinski definition) is 0. The third-order valence-corrected chi connectivity index (χ3v) is 18.1. The zero-order chi connectivity index (χ0) is 29.1. The molecule has 0 aromatic heterocycles. The molecule has 1 aromatic carbocycles. The van der Waals surface area contributed by atoms with E-state index >= 15 is 0 Å². The van der Waals surface area contributed by atoms with E-state index in [1.165, 1.54) is 69.8 Å². The molecule has 3 fully saturated rings. The van der Waals surface area contributed by atoms with Gasteiger partial charge in [-0.3, -0.25) is 0 Å². The van der Waals surface area contributed by atoms with Crippen LogP contribution in [-0.4, -0.2) is 20.3 Å². The van der Waals surface area contributed by atoms with Gasteiger partial charge in [-0.1, -0.05) is 129 Å². The van der Waals surface area contributed by atoms with Gasteiger partial charge in [0.25, 0.3) is 0 Å². The number of unbranched alkanes of at least 4 members (excludes halogenated alkanes) is 3. The van der Waals surface area contributed by atoms with Gasteiger partial charge in [-0.2, -0.15) is 0 Å². The summed E-state index contributed by atoms with van der Waals surface area (Å²) in [7, 11) is -1.41. The SMILES string of the molecule is CC(C)C1CC2C(c3ccc(C(C)(C)C)cc3)CCCC2C1[Si](C)(CCCCCCOC(C)(C)C)C1CCCC1. The number of benzene rings is 1. The average Bonchev–Trinajstić information content (AvgIpc) is 3.56. The predicted molar refractivity (Wildman–Crippen MR) is 178 cm³/mol. The monoisotopic (exact) mass is 566 g/mol. The summed E-state index contributed by atoms with van der Waals surface area (Å²) in [6.45, 7) is 22.6. The molecule has 40 heavy (non-hydrogen) atoms. The fourth-order valence-electron chi connectivity index (χ4n) is 9.74. The Morgan fingerprint density at radius 3 is 2.05 bits per heavy atom. The molecule has 0 heterocycles. The van der Waals surface area contributed by atoms with E-state index < -0.39 is 8.07 Å². The van der Waals surface area contributed by atoms with Gasteiger partial charge in [0.15, 0.2) is 0 Å². The smallest absolute Gasteiger partial charge is 0.0598 e. The van der Waals surface area contributed by atoms with Gasteiger partial charge >= 0.3 is 0 Å². The topological polar surface area (TPSA) is 9.23 Å². The number of fused-ring (bicyclic) bond motifs is 1. The number of ether oxygens (including phenoxy) is 1. The van der Waals surface area contributed by atoms with Crippen molar-refractivity contribution in [2.24, 2.45) is 23.7 Å². The third kappa shape index (κ3) is 7.66. The van der Waals surface area contributed by atoms with Crippen molar-refractivity contribution >= 4 is 8.07 Å². The minimum Gasteiger partial charge on any atom is -0.376 e. The van der Waals surface area contributed by atoms with Gasteiger partial charge in [-0.25, -0.2) is 0 Å². The summed E-state index contributed by atoms with van der Waals surface area (Å²) in [5.41, 5.74) is 5.54. The van der Waals surface area contributed by atoms with Crippen LogP contribution in [0.25, 0.3) is 0 Å². The first-order valence-electron chi connectivity index (χ1n) is 17.6. The highest BCUT2D eigenvalue weighted by atomic mass is 28.3. The van der Waals surface area contributed by atoms with Crippen LogP contribution in [0.3, 0.4) is 0 Å². The summed E-state index contributed by atoms with van der Waals surface area (Å²) in [6, 6.07) is 11.6. The molecule has 0 saturated heterocycles. The Hall–Kier alpha value is -0.603. The molecule has 3 saturated carbocycles. The number of hydrogen-bond acceptors (Lipinski definition) is 1. The Bertz CT molecular complexity index is 899. The van der Waals surface area contributed by atoms with E-state index in [0.29, 0.717) is 0 Å². The highest BCUT2D eigenvalue weighted by Crippen LogP contribution is 2.65. The van der Waals surface area contributed by atoms with Gasteiger partial charge in [0, 0.05) is 6.61 Å². The standard InChI is InChI=1S/C38H66OSi/c1-28(2)34-27-35-32(29-21-23-30(24-22-29)37(3,4)5)19-16-20-33(35)36(34)40(9,31-17-12-13-18-31)26-15-11-10-14-25-39-38(6,7)8/h21-24,28,31-36H,10-20,25-27H2,1-9H3. The van der Waals surface area contributed by atoms with Crippen LogP contribution < -0.4 is 0 Å². The first-order chi connectivity index (χ1) is 18.8. The maximum atomic E-state index is 6.02. The highest BCUT2D eigenvalue weighted by molar-refractivity contribution is 6.81. The Kier molecular flexibility index (Phi) is 10.8. The molecular formula is C38H66OSi. The normalized spacial score (nSPS) is 29.6. The molecule has 228 valence electrons. The molecule has 0 spiro atoms. The van der Waals surface area contributed by atoms with Gasteiger partial charge in [-0.15, -0.1) is 0 Å². The average molecular weight is 567 g/mol.